The van der Waals surface area contributed by atoms with Crippen molar-refractivity contribution in [3.05, 3.63) is 59.3 Å². The third-order valence-corrected chi connectivity index (χ3v) is 6.01. The molecule has 0 aliphatic rings. The van der Waals surface area contributed by atoms with E-state index in [9.17, 15) is 13.0 Å². The van der Waals surface area contributed by atoms with Crippen LogP contribution in [0.25, 0.3) is 11.1 Å². The second kappa shape index (κ2) is 8.78. The molecule has 9 nitrogen and oxygen atoms in total. The summed E-state index contributed by atoms with van der Waals surface area (Å²) >= 11 is 0. The highest BCUT2D eigenvalue weighted by atomic mass is 32.2. The van der Waals surface area contributed by atoms with E-state index in [1.165, 1.54) is 13.1 Å². The Morgan fingerprint density at radius 1 is 1.16 bits per heavy atom. The lowest BCUT2D eigenvalue weighted by Gasteiger charge is -2.21. The minimum atomic E-state index is -4.38. The van der Waals surface area contributed by atoms with E-state index in [1.807, 2.05) is 6.92 Å². The van der Waals surface area contributed by atoms with Crippen molar-refractivity contribution in [2.24, 2.45) is 0 Å². The number of benzene rings is 2. The Morgan fingerprint density at radius 3 is 2.52 bits per heavy atom. The molecule has 0 fully saturated rings. The molecular formula is C21H25N5O4S. The molecule has 164 valence electrons. The van der Waals surface area contributed by atoms with E-state index in [-0.39, 0.29) is 11.8 Å². The van der Waals surface area contributed by atoms with Crippen molar-refractivity contribution in [2.45, 2.75) is 25.5 Å². The second-order valence-corrected chi connectivity index (χ2v) is 8.83. The average molecular weight is 444 g/mol. The zero-order chi connectivity index (χ0) is 22.8. The van der Waals surface area contributed by atoms with Crippen LogP contribution in [-0.4, -0.2) is 29.5 Å². The number of nitrogens with two attached hydrogens (primary N) is 3. The van der Waals surface area contributed by atoms with Crippen molar-refractivity contribution in [3.63, 3.8) is 0 Å². The summed E-state index contributed by atoms with van der Waals surface area (Å²) in [7, 11) is -4.38. The molecular weight excluding hydrogens is 418 g/mol. The molecule has 0 aliphatic carbocycles. The SMILES string of the molecule is CCOc1cc(Cc2cnc(N)nc2N)cc(C(C)S(=O)(=O)O)c1-c1cccc(N)c1. The molecule has 1 unspecified atom stereocenters. The molecule has 3 aromatic rings. The van der Waals surface area contributed by atoms with Crippen LogP contribution in [0.1, 0.15) is 35.8 Å². The fourth-order valence-corrected chi connectivity index (χ4v) is 3.85. The van der Waals surface area contributed by atoms with Gasteiger partial charge in [0.2, 0.25) is 5.95 Å². The first kappa shape index (κ1) is 22.3. The summed E-state index contributed by atoms with van der Waals surface area (Å²) in [5.41, 5.74) is 20.9. The van der Waals surface area contributed by atoms with Crippen molar-refractivity contribution >= 4 is 27.6 Å². The van der Waals surface area contributed by atoms with Gasteiger partial charge in [0.05, 0.1) is 6.61 Å². The molecule has 0 radical (unpaired) electrons. The molecule has 0 saturated carbocycles. The smallest absolute Gasteiger partial charge is 0.271 e. The van der Waals surface area contributed by atoms with Gasteiger partial charge in [-0.25, -0.2) is 4.98 Å². The monoisotopic (exact) mass is 443 g/mol. The Labute approximate surface area is 181 Å². The maximum Gasteiger partial charge on any atom is 0.271 e. The third kappa shape index (κ3) is 5.04. The summed E-state index contributed by atoms with van der Waals surface area (Å²) in [6, 6.07) is 10.5. The topological polar surface area (TPSA) is 167 Å². The molecule has 1 aromatic heterocycles. The molecule has 1 heterocycles. The zero-order valence-corrected chi connectivity index (χ0v) is 18.1. The number of ether oxygens (including phenoxy) is 1. The lowest BCUT2D eigenvalue weighted by Crippen LogP contribution is -2.12. The molecule has 0 aliphatic heterocycles. The van der Waals surface area contributed by atoms with Crippen LogP contribution in [0, 0.1) is 0 Å². The Morgan fingerprint density at radius 2 is 1.90 bits per heavy atom. The lowest BCUT2D eigenvalue weighted by molar-refractivity contribution is 0.341. The average Bonchev–Trinajstić information content (AvgIpc) is 2.69. The molecule has 0 saturated heterocycles. The van der Waals surface area contributed by atoms with Crippen LogP contribution >= 0.6 is 0 Å². The van der Waals surface area contributed by atoms with Gasteiger partial charge in [0.1, 0.15) is 16.8 Å². The molecule has 2 aromatic carbocycles. The first-order valence-corrected chi connectivity index (χ1v) is 11.1. The standard InChI is InChI=1S/C21H25N5O4S/c1-3-30-18-9-13(7-15-11-25-21(24)26-20(15)23)8-17(12(2)31(27,28)29)19(18)14-5-4-6-16(22)10-14/h4-6,8-12H,3,7,22H2,1-2H3,(H,27,28,29)(H4,23,24,25,26). The van der Waals surface area contributed by atoms with Crippen molar-refractivity contribution in [2.75, 3.05) is 23.8 Å². The van der Waals surface area contributed by atoms with Crippen molar-refractivity contribution < 1.29 is 17.7 Å². The fraction of sp³-hybridized carbons (Fsp3) is 0.238. The predicted octanol–water partition coefficient (Wildman–Crippen LogP) is 2.83. The minimum Gasteiger partial charge on any atom is -0.493 e. The number of aromatic nitrogens is 2. The molecule has 10 heteroatoms. The number of nitrogens with zero attached hydrogens (tertiary/aromatic N) is 2. The minimum absolute atomic E-state index is 0.0638. The normalized spacial score (nSPS) is 12.5. The number of hydrogen-bond acceptors (Lipinski definition) is 8. The van der Waals surface area contributed by atoms with Gasteiger partial charge in [-0.05, 0) is 48.7 Å². The summed E-state index contributed by atoms with van der Waals surface area (Å²) in [6.07, 6.45) is 1.84. The zero-order valence-electron chi connectivity index (χ0n) is 17.2. The summed E-state index contributed by atoms with van der Waals surface area (Å²) in [5, 5.41) is -1.21. The quantitative estimate of drug-likeness (QED) is 0.317. The van der Waals surface area contributed by atoms with Gasteiger partial charge >= 0.3 is 0 Å². The van der Waals surface area contributed by atoms with Crippen LogP contribution in [0.2, 0.25) is 0 Å². The van der Waals surface area contributed by atoms with Crippen molar-refractivity contribution in [1.29, 1.82) is 0 Å². The highest BCUT2D eigenvalue weighted by Crippen LogP contribution is 2.41. The van der Waals surface area contributed by atoms with E-state index < -0.39 is 15.4 Å². The highest BCUT2D eigenvalue weighted by Gasteiger charge is 2.26. The maximum atomic E-state index is 12.0. The van der Waals surface area contributed by atoms with Crippen LogP contribution in [0.15, 0.2) is 42.6 Å². The van der Waals surface area contributed by atoms with Gasteiger partial charge in [-0.3, -0.25) is 4.55 Å². The van der Waals surface area contributed by atoms with E-state index in [0.717, 1.165) is 0 Å². The van der Waals surface area contributed by atoms with Gasteiger partial charge in [-0.1, -0.05) is 18.2 Å². The highest BCUT2D eigenvalue weighted by molar-refractivity contribution is 7.86. The van der Waals surface area contributed by atoms with Gasteiger partial charge in [-0.15, -0.1) is 0 Å². The summed E-state index contributed by atoms with van der Waals surface area (Å²) in [6.45, 7) is 3.60. The van der Waals surface area contributed by atoms with Gasteiger partial charge < -0.3 is 21.9 Å². The Hall–Kier alpha value is -3.37. The lowest BCUT2D eigenvalue weighted by atomic mass is 9.92. The van der Waals surface area contributed by atoms with E-state index in [2.05, 4.69) is 9.97 Å². The molecule has 3 rings (SSSR count). The molecule has 0 amide bonds. The van der Waals surface area contributed by atoms with Crippen molar-refractivity contribution in [1.82, 2.24) is 9.97 Å². The summed E-state index contributed by atoms with van der Waals surface area (Å²) in [4.78, 5) is 7.94. The van der Waals surface area contributed by atoms with E-state index in [4.69, 9.17) is 21.9 Å². The van der Waals surface area contributed by atoms with E-state index in [1.54, 1.807) is 36.4 Å². The third-order valence-electron chi connectivity index (χ3n) is 4.86. The number of rotatable bonds is 7. The molecule has 1 atom stereocenters. The molecule has 0 spiro atoms. The van der Waals surface area contributed by atoms with Crippen LogP contribution < -0.4 is 21.9 Å². The Kier molecular flexibility index (Phi) is 6.32. The van der Waals surface area contributed by atoms with Gasteiger partial charge in [0.15, 0.2) is 0 Å². The number of hydrogen-bond donors (Lipinski definition) is 4. The largest absolute Gasteiger partial charge is 0.493 e. The van der Waals surface area contributed by atoms with Crippen molar-refractivity contribution in [3.8, 4) is 16.9 Å². The Bertz CT molecular complexity index is 1210. The first-order valence-electron chi connectivity index (χ1n) is 9.58. The van der Waals surface area contributed by atoms with E-state index >= 15 is 0 Å². The predicted molar refractivity (Wildman–Crippen MR) is 121 cm³/mol. The van der Waals surface area contributed by atoms with Crippen LogP contribution in [0.5, 0.6) is 5.75 Å². The van der Waals surface area contributed by atoms with E-state index in [0.29, 0.717) is 52.3 Å². The molecule has 31 heavy (non-hydrogen) atoms. The number of anilines is 3. The Balaban J connectivity index is 2.24. The van der Waals surface area contributed by atoms with Crippen LogP contribution in [-0.2, 0) is 16.5 Å². The van der Waals surface area contributed by atoms with Gasteiger partial charge in [0, 0.05) is 29.4 Å². The summed E-state index contributed by atoms with van der Waals surface area (Å²) in [5.74, 6) is 0.759. The fourth-order valence-electron chi connectivity index (χ4n) is 3.34. The second-order valence-electron chi connectivity index (χ2n) is 7.09. The van der Waals surface area contributed by atoms with Gasteiger partial charge in [0.25, 0.3) is 10.1 Å². The van der Waals surface area contributed by atoms with Gasteiger partial charge in [-0.2, -0.15) is 13.4 Å². The summed E-state index contributed by atoms with van der Waals surface area (Å²) < 4.78 is 39.8. The van der Waals surface area contributed by atoms with Crippen LogP contribution in [0.3, 0.4) is 0 Å². The number of nitrogen functional groups attached to an aromatic ring is 3. The first-order chi connectivity index (χ1) is 14.6. The maximum absolute atomic E-state index is 12.0. The molecule has 7 N–H and O–H groups in total. The van der Waals surface area contributed by atoms with Crippen LogP contribution in [0.4, 0.5) is 17.5 Å². The molecule has 0 bridgehead atoms.